The van der Waals surface area contributed by atoms with Gasteiger partial charge in [-0.3, -0.25) is 0 Å². The summed E-state index contributed by atoms with van der Waals surface area (Å²) in [5, 5.41) is 12.3. The number of nitrogens with one attached hydrogen (secondary N) is 1. The molecule has 0 aliphatic carbocycles. The lowest BCUT2D eigenvalue weighted by Gasteiger charge is -2.31. The van der Waals surface area contributed by atoms with E-state index in [0.717, 1.165) is 43.3 Å². The van der Waals surface area contributed by atoms with Gasteiger partial charge in [0.25, 0.3) is 0 Å². The van der Waals surface area contributed by atoms with E-state index < -0.39 is 0 Å². The van der Waals surface area contributed by atoms with Crippen molar-refractivity contribution in [3.63, 3.8) is 0 Å². The number of β-amino-alcohol motifs (C(OH)–C–C–N with tert-alkyl or cyclic N) is 1. The number of aromatic nitrogens is 4. The minimum absolute atomic E-state index is 0.194. The first kappa shape index (κ1) is 15.8. The van der Waals surface area contributed by atoms with Crippen molar-refractivity contribution in [2.45, 2.75) is 25.7 Å². The fourth-order valence-corrected chi connectivity index (χ4v) is 2.93. The van der Waals surface area contributed by atoms with Crippen LogP contribution >= 0.6 is 0 Å². The molecule has 1 aliphatic rings. The summed E-state index contributed by atoms with van der Waals surface area (Å²) < 4.78 is 0. The van der Waals surface area contributed by atoms with Gasteiger partial charge in [-0.05, 0) is 32.4 Å². The Labute approximate surface area is 135 Å². The van der Waals surface area contributed by atoms with Gasteiger partial charge in [0.15, 0.2) is 0 Å². The van der Waals surface area contributed by atoms with E-state index in [9.17, 15) is 0 Å². The van der Waals surface area contributed by atoms with Crippen LogP contribution in [0.2, 0.25) is 0 Å². The molecule has 7 nitrogen and oxygen atoms in total. The molecule has 0 radical (unpaired) electrons. The lowest BCUT2D eigenvalue weighted by Crippen LogP contribution is -2.36. The zero-order valence-corrected chi connectivity index (χ0v) is 13.3. The second-order valence-electron chi connectivity index (χ2n) is 5.81. The highest BCUT2D eigenvalue weighted by atomic mass is 16.3. The topological polar surface area (TPSA) is 87.1 Å². The third kappa shape index (κ3) is 4.20. The smallest absolute Gasteiger partial charge is 0.228 e. The van der Waals surface area contributed by atoms with Crippen LogP contribution in [-0.4, -0.2) is 56.2 Å². The molecule has 3 rings (SSSR count). The van der Waals surface area contributed by atoms with Crippen LogP contribution < -0.4 is 5.32 Å². The molecule has 1 saturated heterocycles. The molecular weight excluding hydrogens is 292 g/mol. The first-order valence-corrected chi connectivity index (χ1v) is 7.97. The highest BCUT2D eigenvalue weighted by Gasteiger charge is 2.23. The number of hydrogen-bond acceptors (Lipinski definition) is 7. The molecule has 1 fully saturated rings. The normalized spacial score (nSPS) is 18.8. The van der Waals surface area contributed by atoms with E-state index >= 15 is 0 Å². The van der Waals surface area contributed by atoms with Crippen molar-refractivity contribution < 1.29 is 5.11 Å². The van der Waals surface area contributed by atoms with Gasteiger partial charge < -0.3 is 15.3 Å². The summed E-state index contributed by atoms with van der Waals surface area (Å²) >= 11 is 0. The Kier molecular flexibility index (Phi) is 5.09. The molecule has 0 aromatic carbocycles. The molecule has 0 saturated carbocycles. The number of aryl methyl sites for hydroxylation is 1. The van der Waals surface area contributed by atoms with Crippen molar-refractivity contribution in [1.29, 1.82) is 0 Å². The molecule has 2 aromatic rings. The maximum atomic E-state index is 9.13. The van der Waals surface area contributed by atoms with Gasteiger partial charge in [0.1, 0.15) is 11.6 Å². The summed E-state index contributed by atoms with van der Waals surface area (Å²) in [6.07, 6.45) is 5.57. The van der Waals surface area contributed by atoms with Gasteiger partial charge >= 0.3 is 0 Å². The summed E-state index contributed by atoms with van der Waals surface area (Å²) in [6, 6.07) is 3.67. The highest BCUT2D eigenvalue weighted by molar-refractivity contribution is 5.47. The molecule has 0 unspecified atom stereocenters. The SMILES string of the molecule is Cc1cc(Nc2ncccn2)nc([C@@H]2CCCN(CCO)C2)n1. The molecule has 7 heteroatoms. The second-order valence-corrected chi connectivity index (χ2v) is 5.81. The molecule has 0 amide bonds. The van der Waals surface area contributed by atoms with Gasteiger partial charge in [-0.25, -0.2) is 19.9 Å². The fraction of sp³-hybridized carbons (Fsp3) is 0.500. The van der Waals surface area contributed by atoms with E-state index in [2.05, 4.69) is 30.2 Å². The van der Waals surface area contributed by atoms with Crippen molar-refractivity contribution in [1.82, 2.24) is 24.8 Å². The molecule has 23 heavy (non-hydrogen) atoms. The van der Waals surface area contributed by atoms with E-state index in [1.165, 1.54) is 0 Å². The Morgan fingerprint density at radius 3 is 2.91 bits per heavy atom. The Morgan fingerprint density at radius 1 is 1.30 bits per heavy atom. The van der Waals surface area contributed by atoms with E-state index in [4.69, 9.17) is 5.11 Å². The van der Waals surface area contributed by atoms with Crippen LogP contribution in [0.25, 0.3) is 0 Å². The third-order valence-corrected chi connectivity index (χ3v) is 3.96. The van der Waals surface area contributed by atoms with Gasteiger partial charge in [-0.1, -0.05) is 0 Å². The summed E-state index contributed by atoms with van der Waals surface area (Å²) in [5.74, 6) is 2.40. The first-order chi connectivity index (χ1) is 11.2. The standard InChI is InChI=1S/C16H22N6O/c1-12-10-14(21-16-17-5-3-6-18-16)20-15(19-12)13-4-2-7-22(11-13)8-9-23/h3,5-6,10,13,23H,2,4,7-9,11H2,1H3,(H,17,18,19,20,21)/t13-/m1/s1. The predicted molar refractivity (Wildman–Crippen MR) is 87.6 cm³/mol. The summed E-state index contributed by atoms with van der Waals surface area (Å²) in [7, 11) is 0. The second kappa shape index (κ2) is 7.43. The first-order valence-electron chi connectivity index (χ1n) is 7.97. The average molecular weight is 314 g/mol. The largest absolute Gasteiger partial charge is 0.395 e. The minimum atomic E-state index is 0.194. The van der Waals surface area contributed by atoms with Crippen molar-refractivity contribution in [2.75, 3.05) is 31.6 Å². The number of rotatable bonds is 5. The maximum absolute atomic E-state index is 9.13. The molecule has 0 bridgehead atoms. The molecule has 1 atom stereocenters. The van der Waals surface area contributed by atoms with Gasteiger partial charge in [0.05, 0.1) is 6.61 Å². The van der Waals surface area contributed by atoms with Crippen LogP contribution in [0.15, 0.2) is 24.5 Å². The van der Waals surface area contributed by atoms with Crippen molar-refractivity contribution in [2.24, 2.45) is 0 Å². The van der Waals surface area contributed by atoms with E-state index in [-0.39, 0.29) is 6.61 Å². The van der Waals surface area contributed by atoms with Crippen molar-refractivity contribution in [3.8, 4) is 0 Å². The van der Waals surface area contributed by atoms with Crippen LogP contribution in [0.3, 0.4) is 0 Å². The zero-order valence-electron chi connectivity index (χ0n) is 13.3. The lowest BCUT2D eigenvalue weighted by molar-refractivity contribution is 0.159. The summed E-state index contributed by atoms with van der Waals surface area (Å²) in [5.41, 5.74) is 0.924. The van der Waals surface area contributed by atoms with E-state index in [1.807, 2.05) is 13.0 Å². The molecule has 2 N–H and O–H groups in total. The highest BCUT2D eigenvalue weighted by Crippen LogP contribution is 2.25. The van der Waals surface area contributed by atoms with E-state index in [1.54, 1.807) is 18.5 Å². The number of piperidine rings is 1. The minimum Gasteiger partial charge on any atom is -0.395 e. The van der Waals surface area contributed by atoms with E-state index in [0.29, 0.717) is 18.4 Å². The fourth-order valence-electron chi connectivity index (χ4n) is 2.93. The number of likely N-dealkylation sites (tertiary alicyclic amines) is 1. The van der Waals surface area contributed by atoms with Crippen molar-refractivity contribution >= 4 is 11.8 Å². The van der Waals surface area contributed by atoms with Gasteiger partial charge in [0, 0.05) is 43.2 Å². The zero-order chi connectivity index (χ0) is 16.1. The Hall–Kier alpha value is -2.12. The van der Waals surface area contributed by atoms with Gasteiger partial charge in [-0.2, -0.15) is 0 Å². The van der Waals surface area contributed by atoms with Crippen LogP contribution in [0.1, 0.15) is 30.3 Å². The summed E-state index contributed by atoms with van der Waals surface area (Å²) in [4.78, 5) is 19.9. The Balaban J connectivity index is 1.77. The number of anilines is 2. The molecule has 2 aromatic heterocycles. The van der Waals surface area contributed by atoms with Crippen LogP contribution in [0.4, 0.5) is 11.8 Å². The summed E-state index contributed by atoms with van der Waals surface area (Å²) in [6.45, 7) is 4.80. The van der Waals surface area contributed by atoms with Crippen molar-refractivity contribution in [3.05, 3.63) is 36.0 Å². The molecular formula is C16H22N6O. The molecule has 122 valence electrons. The van der Waals surface area contributed by atoms with Crippen LogP contribution in [0, 0.1) is 6.92 Å². The molecule has 1 aliphatic heterocycles. The lowest BCUT2D eigenvalue weighted by atomic mass is 9.97. The quantitative estimate of drug-likeness (QED) is 0.864. The van der Waals surface area contributed by atoms with Gasteiger partial charge in [0.2, 0.25) is 5.95 Å². The Morgan fingerprint density at radius 2 is 2.13 bits per heavy atom. The monoisotopic (exact) mass is 314 g/mol. The van der Waals surface area contributed by atoms with Crippen LogP contribution in [0.5, 0.6) is 0 Å². The third-order valence-electron chi connectivity index (χ3n) is 3.96. The van der Waals surface area contributed by atoms with Crippen LogP contribution in [-0.2, 0) is 0 Å². The Bertz CT molecular complexity index is 634. The number of nitrogens with zero attached hydrogens (tertiary/aromatic N) is 5. The van der Waals surface area contributed by atoms with Gasteiger partial charge in [-0.15, -0.1) is 0 Å². The molecule has 3 heterocycles. The number of aliphatic hydroxyl groups excluding tert-OH is 1. The predicted octanol–water partition coefficient (Wildman–Crippen LogP) is 1.49. The maximum Gasteiger partial charge on any atom is 0.228 e. The molecule has 0 spiro atoms. The number of hydrogen-bond donors (Lipinski definition) is 2. The number of aliphatic hydroxyl groups is 1. The average Bonchev–Trinajstić information content (AvgIpc) is 2.56.